The molecule has 1 fully saturated rings. The van der Waals surface area contributed by atoms with Crippen LogP contribution in [0.1, 0.15) is 420 Å². The molecule has 0 aromatic rings. The highest BCUT2D eigenvalue weighted by Crippen LogP contribution is 2.24. The minimum Gasteiger partial charge on any atom is -0.392 e. The van der Waals surface area contributed by atoms with Crippen molar-refractivity contribution in [2.45, 2.75) is 457 Å². The van der Waals surface area contributed by atoms with E-state index in [1.807, 2.05) is 0 Å². The number of carbonyl (C=O) groups excluding carboxylic acids is 2. The zero-order valence-corrected chi connectivity index (χ0v) is 62.2. The van der Waals surface area contributed by atoms with Crippen LogP contribution in [0.4, 0.5) is 0 Å². The number of nitrogens with one attached hydrogen (secondary N) is 1. The third-order valence-corrected chi connectivity index (χ3v) is 20.5. The zero-order chi connectivity index (χ0) is 66.3. The van der Waals surface area contributed by atoms with E-state index in [1.54, 1.807) is 4.90 Å². The molecule has 1 aliphatic heterocycles. The molecule has 0 saturated carbocycles. The summed E-state index contributed by atoms with van der Waals surface area (Å²) in [5.41, 5.74) is 0. The van der Waals surface area contributed by atoms with Gasteiger partial charge in [-0.1, -0.05) is 350 Å². The quantitative estimate of drug-likeness (QED) is 0.0380. The van der Waals surface area contributed by atoms with Crippen molar-refractivity contribution in [2.24, 2.45) is 5.92 Å². The molecule has 1 heterocycles. The number of rotatable bonds is 73. The van der Waals surface area contributed by atoms with Crippen molar-refractivity contribution in [3.8, 4) is 0 Å². The van der Waals surface area contributed by atoms with E-state index in [2.05, 4.69) is 56.7 Å². The number of piperazine rings is 1. The molecule has 10 nitrogen and oxygen atoms in total. The normalized spacial score (nSPS) is 16.4. The average Bonchev–Trinajstić information content (AvgIpc) is 0.881. The molecule has 1 aliphatic rings. The van der Waals surface area contributed by atoms with E-state index in [4.69, 9.17) is 0 Å². The van der Waals surface area contributed by atoms with Crippen LogP contribution in [0.15, 0.2) is 0 Å². The third-order valence-electron chi connectivity index (χ3n) is 20.5. The Bertz CT molecular complexity index is 1490. The van der Waals surface area contributed by atoms with E-state index < -0.39 is 30.4 Å². The molecular formula is C81H162N4O6. The van der Waals surface area contributed by atoms with Crippen LogP contribution in [0, 0.1) is 5.92 Å². The lowest BCUT2D eigenvalue weighted by molar-refractivity contribution is -0.151. The molecular weight excluding hydrogens is 1120 g/mol. The van der Waals surface area contributed by atoms with Crippen molar-refractivity contribution in [2.75, 3.05) is 45.8 Å². The summed E-state index contributed by atoms with van der Waals surface area (Å²) in [7, 11) is 0. The molecule has 10 heteroatoms. The first-order valence-corrected chi connectivity index (χ1v) is 41.3. The number of unbranched alkanes of at least 4 members (excludes halogenated alkanes) is 45. The van der Waals surface area contributed by atoms with E-state index in [0.29, 0.717) is 44.8 Å². The van der Waals surface area contributed by atoms with Crippen LogP contribution < -0.4 is 5.32 Å². The summed E-state index contributed by atoms with van der Waals surface area (Å²) in [5.74, 6) is 0.403. The third kappa shape index (κ3) is 54.4. The minimum absolute atomic E-state index is 0.0544. The van der Waals surface area contributed by atoms with Gasteiger partial charge in [0.15, 0.2) is 0 Å². The molecule has 2 amide bonds. The molecule has 542 valence electrons. The first kappa shape index (κ1) is 87.7. The highest BCUT2D eigenvalue weighted by atomic mass is 16.3. The summed E-state index contributed by atoms with van der Waals surface area (Å²) >= 11 is 0. The van der Waals surface area contributed by atoms with Gasteiger partial charge < -0.3 is 35.5 Å². The van der Waals surface area contributed by atoms with E-state index in [9.17, 15) is 30.0 Å². The minimum atomic E-state index is -0.676. The number of aliphatic hydroxyl groups is 4. The summed E-state index contributed by atoms with van der Waals surface area (Å²) in [6, 6.07) is -1.23. The van der Waals surface area contributed by atoms with Gasteiger partial charge in [-0.3, -0.25) is 14.5 Å². The van der Waals surface area contributed by atoms with Crippen molar-refractivity contribution >= 4 is 11.8 Å². The maximum Gasteiger partial charge on any atom is 0.245 e. The van der Waals surface area contributed by atoms with Gasteiger partial charge in [-0.25, -0.2) is 0 Å². The molecule has 7 unspecified atom stereocenters. The lowest BCUT2D eigenvalue weighted by Crippen LogP contribution is -2.64. The van der Waals surface area contributed by atoms with E-state index in [1.165, 1.54) is 270 Å². The van der Waals surface area contributed by atoms with Crippen molar-refractivity contribution < 1.29 is 30.0 Å². The van der Waals surface area contributed by atoms with Crippen molar-refractivity contribution in [1.82, 2.24) is 20.0 Å². The highest BCUT2D eigenvalue weighted by molar-refractivity contribution is 5.97. The van der Waals surface area contributed by atoms with Gasteiger partial charge in [0, 0.05) is 32.7 Å². The number of amides is 2. The fourth-order valence-corrected chi connectivity index (χ4v) is 14.5. The Balaban J connectivity index is 3.06. The fourth-order valence-electron chi connectivity index (χ4n) is 14.5. The Labute approximate surface area is 567 Å². The maximum atomic E-state index is 14.7. The summed E-state index contributed by atoms with van der Waals surface area (Å²) < 4.78 is 0. The zero-order valence-electron chi connectivity index (χ0n) is 62.2. The molecule has 5 N–H and O–H groups in total. The van der Waals surface area contributed by atoms with Gasteiger partial charge in [0.05, 0.1) is 24.4 Å². The van der Waals surface area contributed by atoms with Gasteiger partial charge >= 0.3 is 0 Å². The van der Waals surface area contributed by atoms with Gasteiger partial charge in [-0.15, -0.1) is 0 Å². The highest BCUT2D eigenvalue weighted by Gasteiger charge is 2.40. The number of nitrogens with zero attached hydrogens (tertiary/aromatic N) is 3. The SMILES string of the molecule is CCCCCCCCCCCCC(C)CN(CCCCC1NC(=O)C(CCCCN(CC(O)CCCCCCCCCCCC)CC(O)CCCCCCCCCCCC)N(CC(O)CCCCCCCCCCCC)C1=O)CC(O)CCCCCCCCCC. The van der Waals surface area contributed by atoms with E-state index >= 15 is 0 Å². The van der Waals surface area contributed by atoms with Crippen LogP contribution in [0.2, 0.25) is 0 Å². The van der Waals surface area contributed by atoms with Crippen LogP contribution in [-0.4, -0.2) is 129 Å². The van der Waals surface area contributed by atoms with Crippen molar-refractivity contribution in [3.05, 3.63) is 0 Å². The van der Waals surface area contributed by atoms with E-state index in [0.717, 1.165) is 110 Å². The van der Waals surface area contributed by atoms with Crippen LogP contribution in [0.25, 0.3) is 0 Å². The molecule has 7 atom stereocenters. The number of hydrogen-bond acceptors (Lipinski definition) is 8. The number of carbonyl (C=O) groups is 2. The molecule has 1 rings (SSSR count). The second kappa shape index (κ2) is 66.0. The van der Waals surface area contributed by atoms with Gasteiger partial charge in [-0.05, 0) is 89.6 Å². The van der Waals surface area contributed by atoms with Gasteiger partial charge in [0.25, 0.3) is 0 Å². The van der Waals surface area contributed by atoms with Crippen LogP contribution in [0.3, 0.4) is 0 Å². The Hall–Kier alpha value is -1.30. The molecule has 0 radical (unpaired) electrons. The first-order valence-electron chi connectivity index (χ1n) is 41.3. The van der Waals surface area contributed by atoms with Crippen LogP contribution in [-0.2, 0) is 9.59 Å². The molecule has 0 aromatic heterocycles. The van der Waals surface area contributed by atoms with Crippen molar-refractivity contribution in [1.29, 1.82) is 0 Å². The number of β-amino-alcohol motifs (C(OH)–C–C–N with tert-alkyl or cyclic N) is 1. The molecule has 91 heavy (non-hydrogen) atoms. The monoisotopic (exact) mass is 1290 g/mol. The molecule has 0 aromatic carbocycles. The van der Waals surface area contributed by atoms with Gasteiger partial charge in [0.1, 0.15) is 12.1 Å². The topological polar surface area (TPSA) is 137 Å². The first-order chi connectivity index (χ1) is 44.5. The number of aliphatic hydroxyl groups excluding tert-OH is 4. The summed E-state index contributed by atoms with van der Waals surface area (Å²) in [4.78, 5) is 35.6. The van der Waals surface area contributed by atoms with Crippen LogP contribution >= 0.6 is 0 Å². The lowest BCUT2D eigenvalue weighted by Gasteiger charge is -2.40. The van der Waals surface area contributed by atoms with Gasteiger partial charge in [0.2, 0.25) is 11.8 Å². The fraction of sp³-hybridized carbons (Fsp3) is 0.975. The Morgan fingerprint density at radius 3 is 0.912 bits per heavy atom. The van der Waals surface area contributed by atoms with E-state index in [-0.39, 0.29) is 24.5 Å². The predicted molar refractivity (Wildman–Crippen MR) is 394 cm³/mol. The largest absolute Gasteiger partial charge is 0.392 e. The molecule has 0 aliphatic carbocycles. The summed E-state index contributed by atoms with van der Waals surface area (Å²) in [5, 5.41) is 49.0. The smallest absolute Gasteiger partial charge is 0.245 e. The van der Waals surface area contributed by atoms with Gasteiger partial charge in [-0.2, -0.15) is 0 Å². The molecule has 1 saturated heterocycles. The average molecular weight is 1290 g/mol. The standard InChI is InChI=1S/C81H162N4O6/c1-7-12-17-22-27-32-36-40-45-50-59-73(6)68-83(69-74(86)60-51-46-41-31-26-21-16-11-5)66-57-55-64-78-81(91)85(72-77(89)63-54-49-44-39-35-30-25-20-15-10-4)79(80(90)82-78)65-56-58-67-84(70-75(87)61-52-47-42-37-33-28-23-18-13-8-2)71-76(88)62-53-48-43-38-34-29-24-19-14-9-3/h73-79,86-89H,7-72H2,1-6H3,(H,82,90). The second-order valence-corrected chi connectivity index (χ2v) is 29.9. The summed E-state index contributed by atoms with van der Waals surface area (Å²) in [6.45, 7) is 18.3. The Kier molecular flexibility index (Phi) is 63.6. The number of hydrogen-bond donors (Lipinski definition) is 5. The Morgan fingerprint density at radius 1 is 0.330 bits per heavy atom. The predicted octanol–water partition coefficient (Wildman–Crippen LogP) is 21.5. The lowest BCUT2D eigenvalue weighted by atomic mass is 9.97. The van der Waals surface area contributed by atoms with Crippen LogP contribution in [0.5, 0.6) is 0 Å². The second-order valence-electron chi connectivity index (χ2n) is 29.9. The van der Waals surface area contributed by atoms with Crippen molar-refractivity contribution in [3.63, 3.8) is 0 Å². The molecule has 0 bridgehead atoms. The summed E-state index contributed by atoms with van der Waals surface area (Å²) in [6.07, 6.45) is 68.0. The molecule has 0 spiro atoms. The Morgan fingerprint density at radius 2 is 0.593 bits per heavy atom. The maximum absolute atomic E-state index is 14.7.